The number of unbranched alkanes of at least 4 members (excludes halogenated alkanes) is 3. The Morgan fingerprint density at radius 3 is 2.35 bits per heavy atom. The molecule has 0 saturated carbocycles. The molecule has 0 bridgehead atoms. The van der Waals surface area contributed by atoms with Gasteiger partial charge in [-0.2, -0.15) is 0 Å². The Labute approximate surface area is 123 Å². The number of aliphatic hydroxyl groups is 3. The zero-order chi connectivity index (χ0) is 15.4. The molecule has 0 aromatic heterocycles. The average Bonchev–Trinajstić information content (AvgIpc) is 2.38. The van der Waals surface area contributed by atoms with Crippen LogP contribution < -0.4 is 5.32 Å². The van der Waals surface area contributed by atoms with Crippen molar-refractivity contribution in [2.45, 2.75) is 71.8 Å². The first-order valence-electron chi connectivity index (χ1n) is 7.75. The summed E-state index contributed by atoms with van der Waals surface area (Å²) in [6.07, 6.45) is 4.33. The molecular weight excluding hydrogens is 256 g/mol. The molecule has 0 unspecified atom stereocenters. The van der Waals surface area contributed by atoms with Crippen LogP contribution in [0.5, 0.6) is 0 Å². The summed E-state index contributed by atoms with van der Waals surface area (Å²) in [5, 5.41) is 30.0. The minimum Gasteiger partial charge on any atom is -0.396 e. The Morgan fingerprint density at radius 2 is 1.80 bits per heavy atom. The monoisotopic (exact) mass is 288 g/mol. The first kappa shape index (κ1) is 19.5. The van der Waals surface area contributed by atoms with Crippen molar-refractivity contribution >= 4 is 5.71 Å². The van der Waals surface area contributed by atoms with E-state index in [0.717, 1.165) is 44.4 Å². The maximum atomic E-state index is 9.21. The molecule has 0 rings (SSSR count). The molecule has 5 nitrogen and oxygen atoms in total. The third kappa shape index (κ3) is 10.3. The smallest absolute Gasteiger partial charge is 0.151 e. The maximum absolute atomic E-state index is 9.21. The van der Waals surface area contributed by atoms with Crippen LogP contribution in [0.25, 0.3) is 0 Å². The van der Waals surface area contributed by atoms with Crippen molar-refractivity contribution in [1.82, 2.24) is 5.32 Å². The van der Waals surface area contributed by atoms with Gasteiger partial charge in [0, 0.05) is 11.6 Å². The highest BCUT2D eigenvalue weighted by atomic mass is 16.5. The normalized spacial score (nSPS) is 15.7. The molecule has 0 aliphatic carbocycles. The molecule has 0 amide bonds. The van der Waals surface area contributed by atoms with E-state index in [1.165, 1.54) is 0 Å². The lowest BCUT2D eigenvalue weighted by Gasteiger charge is -2.15. The van der Waals surface area contributed by atoms with E-state index in [0.29, 0.717) is 6.42 Å². The fourth-order valence-electron chi connectivity index (χ4n) is 2.13. The predicted octanol–water partition coefficient (Wildman–Crippen LogP) is 1.66. The Balaban J connectivity index is 3.67. The van der Waals surface area contributed by atoms with Crippen molar-refractivity contribution < 1.29 is 15.3 Å². The summed E-state index contributed by atoms with van der Waals surface area (Å²) in [6.45, 7) is 7.13. The van der Waals surface area contributed by atoms with Gasteiger partial charge in [0.05, 0.1) is 12.8 Å². The summed E-state index contributed by atoms with van der Waals surface area (Å²) in [5.74, 6) is 0.171. The van der Waals surface area contributed by atoms with Crippen molar-refractivity contribution in [3.05, 3.63) is 0 Å². The number of aliphatic imine (C=N–C) groups is 1. The van der Waals surface area contributed by atoms with Gasteiger partial charge >= 0.3 is 0 Å². The molecule has 0 aliphatic rings. The van der Waals surface area contributed by atoms with E-state index in [1.807, 2.05) is 13.8 Å². The van der Waals surface area contributed by atoms with E-state index < -0.39 is 6.29 Å². The van der Waals surface area contributed by atoms with E-state index >= 15 is 0 Å². The molecule has 0 saturated heterocycles. The molecule has 0 aromatic rings. The first-order chi connectivity index (χ1) is 9.51. The number of hydrogen-bond acceptors (Lipinski definition) is 5. The Kier molecular flexibility index (Phi) is 12.0. The molecule has 0 aromatic carbocycles. The van der Waals surface area contributed by atoms with Crippen LogP contribution in [0, 0.1) is 5.92 Å². The first-order valence-corrected chi connectivity index (χ1v) is 7.75. The van der Waals surface area contributed by atoms with Crippen LogP contribution in [-0.4, -0.2) is 46.6 Å². The lowest BCUT2D eigenvalue weighted by molar-refractivity contribution is -0.0465. The highest BCUT2D eigenvalue weighted by Crippen LogP contribution is 2.06. The molecule has 0 fully saturated rings. The fraction of sp³-hybridized carbons (Fsp3) is 0.933. The minimum atomic E-state index is -1.16. The lowest BCUT2D eigenvalue weighted by Crippen LogP contribution is -2.28. The SMILES string of the molecule is CC[C@H](CO)C(C)=N[C@@H](C)NCCCCCCC(O)O. The molecular formula is C15H32N2O3. The van der Waals surface area contributed by atoms with Crippen LogP contribution in [0.2, 0.25) is 0 Å². The number of hydrogen-bond donors (Lipinski definition) is 4. The molecule has 2 atom stereocenters. The summed E-state index contributed by atoms with van der Waals surface area (Å²) < 4.78 is 0. The van der Waals surface area contributed by atoms with Crippen LogP contribution in [0.15, 0.2) is 4.99 Å². The van der Waals surface area contributed by atoms with Crippen molar-refractivity contribution in [3.63, 3.8) is 0 Å². The van der Waals surface area contributed by atoms with Gasteiger partial charge in [0.15, 0.2) is 6.29 Å². The van der Waals surface area contributed by atoms with Crippen LogP contribution in [-0.2, 0) is 0 Å². The van der Waals surface area contributed by atoms with Gasteiger partial charge < -0.3 is 15.3 Å². The highest BCUT2D eigenvalue weighted by Gasteiger charge is 2.09. The van der Waals surface area contributed by atoms with Gasteiger partial charge in [0.25, 0.3) is 0 Å². The van der Waals surface area contributed by atoms with Gasteiger partial charge in [-0.15, -0.1) is 0 Å². The molecule has 0 radical (unpaired) electrons. The van der Waals surface area contributed by atoms with Crippen molar-refractivity contribution in [1.29, 1.82) is 0 Å². The largest absolute Gasteiger partial charge is 0.396 e. The molecule has 0 spiro atoms. The summed E-state index contributed by atoms with van der Waals surface area (Å²) in [7, 11) is 0. The Bertz CT molecular complexity index is 254. The van der Waals surface area contributed by atoms with Crippen molar-refractivity contribution in [2.24, 2.45) is 10.9 Å². The Hall–Kier alpha value is -0.490. The molecule has 0 aliphatic heterocycles. The third-order valence-corrected chi connectivity index (χ3v) is 3.53. The molecule has 5 heteroatoms. The maximum Gasteiger partial charge on any atom is 0.151 e. The molecule has 120 valence electrons. The van der Waals surface area contributed by atoms with Gasteiger partial charge in [0.2, 0.25) is 0 Å². The van der Waals surface area contributed by atoms with Crippen LogP contribution in [0.1, 0.15) is 59.3 Å². The predicted molar refractivity (Wildman–Crippen MR) is 82.8 cm³/mol. The lowest BCUT2D eigenvalue weighted by atomic mass is 10.0. The van der Waals surface area contributed by atoms with Crippen LogP contribution >= 0.6 is 0 Å². The summed E-state index contributed by atoms with van der Waals surface area (Å²) in [6, 6.07) is 0. The second kappa shape index (κ2) is 12.3. The summed E-state index contributed by atoms with van der Waals surface area (Å²) in [4.78, 5) is 4.56. The number of aliphatic hydroxyl groups excluding tert-OH is 2. The zero-order valence-electron chi connectivity index (χ0n) is 13.2. The summed E-state index contributed by atoms with van der Waals surface area (Å²) >= 11 is 0. The second-order valence-electron chi connectivity index (χ2n) is 5.37. The van der Waals surface area contributed by atoms with Crippen LogP contribution in [0.3, 0.4) is 0 Å². The Morgan fingerprint density at radius 1 is 1.15 bits per heavy atom. The van der Waals surface area contributed by atoms with E-state index in [2.05, 4.69) is 17.2 Å². The highest BCUT2D eigenvalue weighted by molar-refractivity contribution is 5.84. The fourth-order valence-corrected chi connectivity index (χ4v) is 2.13. The standard InChI is InChI=1S/C15H32N2O3/c1-4-14(11-18)12(2)17-13(3)16-10-8-6-5-7-9-15(19)20/h13-16,18-20H,4-11H2,1-3H3/t13-,14+/m0/s1. The minimum absolute atomic E-state index is 0.0786. The second-order valence-corrected chi connectivity index (χ2v) is 5.37. The average molecular weight is 288 g/mol. The van der Waals surface area contributed by atoms with Gasteiger partial charge in [0.1, 0.15) is 0 Å². The van der Waals surface area contributed by atoms with E-state index in [4.69, 9.17) is 10.2 Å². The van der Waals surface area contributed by atoms with Gasteiger partial charge in [-0.25, -0.2) is 0 Å². The van der Waals surface area contributed by atoms with E-state index in [1.54, 1.807) is 0 Å². The van der Waals surface area contributed by atoms with Crippen LogP contribution in [0.4, 0.5) is 0 Å². The van der Waals surface area contributed by atoms with Crippen molar-refractivity contribution in [2.75, 3.05) is 13.2 Å². The molecule has 4 N–H and O–H groups in total. The van der Waals surface area contributed by atoms with Gasteiger partial charge in [-0.3, -0.25) is 10.3 Å². The third-order valence-electron chi connectivity index (χ3n) is 3.53. The number of nitrogens with zero attached hydrogens (tertiary/aromatic N) is 1. The van der Waals surface area contributed by atoms with Gasteiger partial charge in [-0.05, 0) is 46.1 Å². The molecule has 0 heterocycles. The number of nitrogens with one attached hydrogen (secondary N) is 1. The van der Waals surface area contributed by atoms with Gasteiger partial charge in [-0.1, -0.05) is 19.8 Å². The van der Waals surface area contributed by atoms with E-state index in [-0.39, 0.29) is 18.7 Å². The quantitative estimate of drug-likeness (QED) is 0.250. The number of rotatable bonds is 12. The zero-order valence-corrected chi connectivity index (χ0v) is 13.2. The molecule has 20 heavy (non-hydrogen) atoms. The van der Waals surface area contributed by atoms with Crippen molar-refractivity contribution in [3.8, 4) is 0 Å². The topological polar surface area (TPSA) is 85.1 Å². The van der Waals surface area contributed by atoms with E-state index in [9.17, 15) is 5.11 Å². The summed E-state index contributed by atoms with van der Waals surface area (Å²) in [5.41, 5.74) is 1.01.